The van der Waals surface area contributed by atoms with Crippen LogP contribution in [0.15, 0.2) is 24.4 Å². The molecule has 0 aliphatic carbocycles. The van der Waals surface area contributed by atoms with Gasteiger partial charge in [0, 0.05) is 38.9 Å². The summed E-state index contributed by atoms with van der Waals surface area (Å²) in [5, 5.41) is 1.98. The van der Waals surface area contributed by atoms with Crippen LogP contribution in [0.2, 0.25) is 0 Å². The van der Waals surface area contributed by atoms with Crippen LogP contribution in [-0.2, 0) is 6.54 Å². The van der Waals surface area contributed by atoms with Gasteiger partial charge in [0.15, 0.2) is 5.69 Å². The molecule has 1 saturated heterocycles. The zero-order valence-electron chi connectivity index (χ0n) is 14.0. The Morgan fingerprint density at radius 1 is 1.26 bits per heavy atom. The third kappa shape index (κ3) is 3.52. The van der Waals surface area contributed by atoms with Crippen molar-refractivity contribution in [3.8, 4) is 0 Å². The molecule has 124 valence electrons. The molecule has 0 atom stereocenters. The molecule has 1 amide bonds. The van der Waals surface area contributed by atoms with Crippen LogP contribution < -0.4 is 5.43 Å². The molecule has 23 heavy (non-hydrogen) atoms. The zero-order valence-corrected chi connectivity index (χ0v) is 14.0. The van der Waals surface area contributed by atoms with Crippen LogP contribution in [-0.4, -0.2) is 77.4 Å². The summed E-state index contributed by atoms with van der Waals surface area (Å²) in [6, 6.07) is 5.81. The van der Waals surface area contributed by atoms with Gasteiger partial charge in [-0.15, -0.1) is 0 Å². The fraction of sp³-hybridized carbons (Fsp3) is 0.500. The molecule has 1 aliphatic heterocycles. The number of nitrogens with one attached hydrogen (secondary N) is 1. The van der Waals surface area contributed by atoms with E-state index >= 15 is 0 Å². The first-order valence-electron chi connectivity index (χ1n) is 7.90. The molecule has 2 aromatic heterocycles. The second-order valence-electron chi connectivity index (χ2n) is 6.30. The fourth-order valence-corrected chi connectivity index (χ4v) is 2.79. The van der Waals surface area contributed by atoms with Gasteiger partial charge >= 0.3 is 0 Å². The number of likely N-dealkylation sites (N-methyl/N-ethyl adjacent to an activating group) is 1. The molecule has 3 rings (SSSR count). The number of amides is 1. The van der Waals surface area contributed by atoms with Gasteiger partial charge in [0.2, 0.25) is 0 Å². The van der Waals surface area contributed by atoms with Gasteiger partial charge in [-0.1, -0.05) is 6.07 Å². The summed E-state index contributed by atoms with van der Waals surface area (Å²) in [5.74, 6) is -0.130. The van der Waals surface area contributed by atoms with E-state index in [1.807, 2.05) is 52.8 Å². The van der Waals surface area contributed by atoms with Crippen LogP contribution in [0.5, 0.6) is 0 Å². The number of carbonyl (C=O) groups is 1. The molecule has 0 unspecified atom stereocenters. The minimum atomic E-state index is -0.130. The first kappa shape index (κ1) is 15.9. The van der Waals surface area contributed by atoms with E-state index in [1.54, 1.807) is 0 Å². The number of aromatic nitrogens is 2. The van der Waals surface area contributed by atoms with Crippen molar-refractivity contribution in [1.29, 1.82) is 0 Å². The van der Waals surface area contributed by atoms with E-state index in [0.29, 0.717) is 12.2 Å². The Morgan fingerprint density at radius 3 is 2.70 bits per heavy atom. The molecule has 2 aromatic rings. The van der Waals surface area contributed by atoms with E-state index in [2.05, 4.69) is 22.4 Å². The predicted octanol–water partition coefficient (Wildman–Crippen LogP) is 0.288. The monoisotopic (exact) mass is 316 g/mol. The number of fused-ring (bicyclic) bond motifs is 1. The fourth-order valence-electron chi connectivity index (χ4n) is 2.79. The summed E-state index contributed by atoms with van der Waals surface area (Å²) in [5.41, 5.74) is 5.22. The highest BCUT2D eigenvalue weighted by atomic mass is 16.2. The summed E-state index contributed by atoms with van der Waals surface area (Å²) >= 11 is 0. The molecule has 1 N–H and O–H groups in total. The Kier molecular flexibility index (Phi) is 4.61. The number of hydrogen-bond donors (Lipinski definition) is 1. The lowest BCUT2D eigenvalue weighted by Crippen LogP contribution is -2.52. The van der Waals surface area contributed by atoms with E-state index in [9.17, 15) is 4.79 Å². The number of rotatable bonds is 4. The number of piperazine rings is 1. The SMILES string of the molecule is CN(C)Cc1c(C(=O)NN2CCN(C)CC2)nc2ccccn12. The largest absolute Gasteiger partial charge is 0.304 e. The number of imidazole rings is 1. The third-order valence-electron chi connectivity index (χ3n) is 4.07. The lowest BCUT2D eigenvalue weighted by Gasteiger charge is -2.32. The highest BCUT2D eigenvalue weighted by molar-refractivity contribution is 5.94. The topological polar surface area (TPSA) is 56.1 Å². The van der Waals surface area contributed by atoms with Gasteiger partial charge in [0.25, 0.3) is 5.91 Å². The Labute approximate surface area is 136 Å². The van der Waals surface area contributed by atoms with Gasteiger partial charge in [0.05, 0.1) is 5.69 Å². The molecular weight excluding hydrogens is 292 g/mol. The van der Waals surface area contributed by atoms with E-state index < -0.39 is 0 Å². The molecule has 0 aromatic carbocycles. The average molecular weight is 316 g/mol. The Hall–Kier alpha value is -1.96. The zero-order chi connectivity index (χ0) is 16.4. The van der Waals surface area contributed by atoms with Gasteiger partial charge in [-0.05, 0) is 33.3 Å². The molecule has 0 saturated carbocycles. The Balaban J connectivity index is 1.84. The van der Waals surface area contributed by atoms with Crippen molar-refractivity contribution in [1.82, 2.24) is 29.6 Å². The predicted molar refractivity (Wildman–Crippen MR) is 89.1 cm³/mol. The number of hydrazine groups is 1. The van der Waals surface area contributed by atoms with Crippen LogP contribution in [0.25, 0.3) is 5.65 Å². The highest BCUT2D eigenvalue weighted by Crippen LogP contribution is 2.14. The molecule has 1 aliphatic rings. The summed E-state index contributed by atoms with van der Waals surface area (Å²) < 4.78 is 1.99. The van der Waals surface area contributed by atoms with Crippen molar-refractivity contribution in [2.24, 2.45) is 0 Å². The molecule has 0 spiro atoms. The van der Waals surface area contributed by atoms with E-state index in [-0.39, 0.29) is 5.91 Å². The maximum absolute atomic E-state index is 12.7. The van der Waals surface area contributed by atoms with Crippen LogP contribution in [0.1, 0.15) is 16.2 Å². The van der Waals surface area contributed by atoms with E-state index in [0.717, 1.165) is 37.5 Å². The second-order valence-corrected chi connectivity index (χ2v) is 6.30. The first-order chi connectivity index (χ1) is 11.0. The van der Waals surface area contributed by atoms with E-state index in [4.69, 9.17) is 0 Å². The molecule has 0 bridgehead atoms. The van der Waals surface area contributed by atoms with Gasteiger partial charge < -0.3 is 14.2 Å². The minimum Gasteiger partial charge on any atom is -0.304 e. The van der Waals surface area contributed by atoms with Crippen LogP contribution in [0.3, 0.4) is 0 Å². The molecule has 1 fully saturated rings. The lowest BCUT2D eigenvalue weighted by atomic mass is 10.3. The Morgan fingerprint density at radius 2 is 2.00 bits per heavy atom. The summed E-state index contributed by atoms with van der Waals surface area (Å²) in [6.07, 6.45) is 1.95. The molecular formula is C16H24N6O. The van der Waals surface area contributed by atoms with Crippen LogP contribution in [0, 0.1) is 0 Å². The van der Waals surface area contributed by atoms with Gasteiger partial charge in [0.1, 0.15) is 5.65 Å². The summed E-state index contributed by atoms with van der Waals surface area (Å²) in [7, 11) is 6.07. The summed E-state index contributed by atoms with van der Waals surface area (Å²) in [4.78, 5) is 21.5. The standard InChI is InChI=1S/C16H24N6O/c1-19(2)12-13-15(17-14-6-4-5-7-22(13)14)16(23)18-21-10-8-20(3)9-11-21/h4-7H,8-12H2,1-3H3,(H,18,23). The van der Waals surface area contributed by atoms with Gasteiger partial charge in [-0.25, -0.2) is 9.99 Å². The number of pyridine rings is 1. The van der Waals surface area contributed by atoms with Gasteiger partial charge in [-0.2, -0.15) is 0 Å². The molecule has 3 heterocycles. The number of carbonyl (C=O) groups excluding carboxylic acids is 1. The van der Waals surface area contributed by atoms with Crippen molar-refractivity contribution < 1.29 is 4.79 Å². The van der Waals surface area contributed by atoms with Crippen LogP contribution >= 0.6 is 0 Å². The normalized spacial score (nSPS) is 17.0. The second kappa shape index (κ2) is 6.66. The maximum Gasteiger partial charge on any atom is 0.286 e. The lowest BCUT2D eigenvalue weighted by molar-refractivity contribution is 0.0656. The van der Waals surface area contributed by atoms with Crippen molar-refractivity contribution in [2.45, 2.75) is 6.54 Å². The third-order valence-corrected chi connectivity index (χ3v) is 4.07. The average Bonchev–Trinajstić information content (AvgIpc) is 2.88. The minimum absolute atomic E-state index is 0.130. The molecule has 0 radical (unpaired) electrons. The maximum atomic E-state index is 12.7. The number of nitrogens with zero attached hydrogens (tertiary/aromatic N) is 5. The van der Waals surface area contributed by atoms with Crippen molar-refractivity contribution >= 4 is 11.6 Å². The quantitative estimate of drug-likeness (QED) is 0.878. The Bertz CT molecular complexity index is 687. The highest BCUT2D eigenvalue weighted by Gasteiger charge is 2.22. The summed E-state index contributed by atoms with van der Waals surface area (Å²) in [6.45, 7) is 4.24. The first-order valence-corrected chi connectivity index (χ1v) is 7.90. The molecule has 7 heteroatoms. The molecule has 7 nitrogen and oxygen atoms in total. The number of hydrogen-bond acceptors (Lipinski definition) is 5. The van der Waals surface area contributed by atoms with Crippen molar-refractivity contribution in [3.63, 3.8) is 0 Å². The van der Waals surface area contributed by atoms with Gasteiger partial charge in [-0.3, -0.25) is 10.2 Å². The van der Waals surface area contributed by atoms with Crippen LogP contribution in [0.4, 0.5) is 0 Å². The van der Waals surface area contributed by atoms with Crippen molar-refractivity contribution in [2.75, 3.05) is 47.3 Å². The van der Waals surface area contributed by atoms with Crippen molar-refractivity contribution in [3.05, 3.63) is 35.8 Å². The van der Waals surface area contributed by atoms with E-state index in [1.165, 1.54) is 0 Å². The smallest absolute Gasteiger partial charge is 0.286 e.